The van der Waals surface area contributed by atoms with E-state index < -0.39 is 35.5 Å². The average molecular weight is 667 g/mol. The fraction of sp³-hybridized carbons (Fsp3) is 0.400. The summed E-state index contributed by atoms with van der Waals surface area (Å²) in [5.74, 6) is -1.26. The molecule has 0 saturated heterocycles. The minimum Gasteiger partial charge on any atom is -0.489 e. The molecule has 9 heteroatoms. The number of ketones is 1. The monoisotopic (exact) mass is 666 g/mol. The Morgan fingerprint density at radius 1 is 0.857 bits per heavy atom. The molecule has 3 aromatic rings. The molecule has 0 saturated carbocycles. The van der Waals surface area contributed by atoms with Crippen molar-refractivity contribution in [2.75, 3.05) is 7.11 Å². The van der Waals surface area contributed by atoms with Gasteiger partial charge in [0.2, 0.25) is 5.91 Å². The number of hydrogen-bond donors (Lipinski definition) is 2. The van der Waals surface area contributed by atoms with E-state index in [1.165, 1.54) is 12.7 Å². The summed E-state index contributed by atoms with van der Waals surface area (Å²) in [5, 5.41) is 6.08. The zero-order chi connectivity index (χ0) is 35.0. The topological polar surface area (TPSA) is 120 Å². The van der Waals surface area contributed by atoms with Crippen LogP contribution >= 0.6 is 0 Å². The summed E-state index contributed by atoms with van der Waals surface area (Å²) in [6, 6.07) is 21.6. The van der Waals surface area contributed by atoms with Crippen LogP contribution in [-0.2, 0) is 38.5 Å². The van der Waals surface area contributed by atoms with E-state index in [4.69, 9.17) is 14.2 Å². The summed E-state index contributed by atoms with van der Waals surface area (Å²) in [6.07, 6.45) is 7.15. The van der Waals surface area contributed by atoms with Gasteiger partial charge in [0, 0.05) is 5.92 Å². The Morgan fingerprint density at radius 2 is 1.53 bits per heavy atom. The second-order valence-electron chi connectivity index (χ2n) is 13.7. The predicted octanol–water partition coefficient (Wildman–Crippen LogP) is 6.83. The van der Waals surface area contributed by atoms with Crippen LogP contribution in [0.2, 0.25) is 0 Å². The van der Waals surface area contributed by atoms with Gasteiger partial charge < -0.3 is 24.8 Å². The van der Waals surface area contributed by atoms with Crippen LogP contribution in [0.5, 0.6) is 5.75 Å². The number of amides is 2. The number of alkyl carbamates (subject to hydrolysis) is 1. The number of Topliss-reactive ketones (excluding diaryl/α,β-unsaturated/α-hetero) is 1. The number of aryl methyl sites for hydroxylation is 1. The number of ether oxygens (including phenoxy) is 3. The van der Waals surface area contributed by atoms with Crippen molar-refractivity contribution in [3.8, 4) is 5.75 Å². The number of fused-ring (bicyclic) bond motifs is 1. The summed E-state index contributed by atoms with van der Waals surface area (Å²) >= 11 is 0. The van der Waals surface area contributed by atoms with Crippen molar-refractivity contribution in [3.63, 3.8) is 0 Å². The summed E-state index contributed by atoms with van der Waals surface area (Å²) in [4.78, 5) is 52.7. The third-order valence-corrected chi connectivity index (χ3v) is 9.00. The molecule has 2 amide bonds. The SMILES string of the molecule is COC(=O)c1ccc(COc2ccc(C[C@H](NC(=O)OC(C)(C)C)C(=O)[C@@H]3CC=CC[C@H]3C(=O)N[C@@H]3CCCc4ccccc43)cc2)cc1. The molecular weight excluding hydrogens is 620 g/mol. The lowest BCUT2D eigenvalue weighted by molar-refractivity contribution is -0.135. The van der Waals surface area contributed by atoms with E-state index >= 15 is 0 Å². The van der Waals surface area contributed by atoms with Crippen molar-refractivity contribution >= 4 is 23.8 Å². The molecule has 49 heavy (non-hydrogen) atoms. The maximum atomic E-state index is 14.3. The number of carbonyl (C=O) groups is 4. The van der Waals surface area contributed by atoms with Gasteiger partial charge >= 0.3 is 12.1 Å². The van der Waals surface area contributed by atoms with Crippen molar-refractivity contribution in [1.82, 2.24) is 10.6 Å². The first kappa shape index (κ1) is 35.4. The Hall–Kier alpha value is -4.92. The molecular formula is C40H46N2O7. The maximum absolute atomic E-state index is 14.3. The van der Waals surface area contributed by atoms with Gasteiger partial charge in [-0.3, -0.25) is 9.59 Å². The molecule has 0 radical (unpaired) electrons. The highest BCUT2D eigenvalue weighted by Crippen LogP contribution is 2.33. The van der Waals surface area contributed by atoms with E-state index in [1.54, 1.807) is 45.0 Å². The van der Waals surface area contributed by atoms with Crippen LogP contribution in [0.3, 0.4) is 0 Å². The van der Waals surface area contributed by atoms with Gasteiger partial charge in [0.15, 0.2) is 5.78 Å². The molecule has 2 N–H and O–H groups in total. The zero-order valence-corrected chi connectivity index (χ0v) is 28.7. The van der Waals surface area contributed by atoms with Crippen molar-refractivity contribution in [1.29, 1.82) is 0 Å². The Kier molecular flexibility index (Phi) is 11.5. The van der Waals surface area contributed by atoms with Gasteiger partial charge in [-0.05, 0) is 106 Å². The van der Waals surface area contributed by atoms with Crippen LogP contribution in [-0.4, -0.2) is 42.5 Å². The van der Waals surface area contributed by atoms with Crippen LogP contribution in [0.15, 0.2) is 84.9 Å². The first-order valence-corrected chi connectivity index (χ1v) is 17.0. The summed E-state index contributed by atoms with van der Waals surface area (Å²) in [7, 11) is 1.34. The highest BCUT2D eigenvalue weighted by atomic mass is 16.6. The normalized spacial score (nSPS) is 19.1. The summed E-state index contributed by atoms with van der Waals surface area (Å²) in [6.45, 7) is 5.61. The number of esters is 1. The van der Waals surface area contributed by atoms with Crippen LogP contribution in [0.4, 0.5) is 4.79 Å². The van der Waals surface area contributed by atoms with Gasteiger partial charge in [0.05, 0.1) is 30.7 Å². The van der Waals surface area contributed by atoms with Crippen LogP contribution < -0.4 is 15.4 Å². The quantitative estimate of drug-likeness (QED) is 0.170. The molecule has 0 fully saturated rings. The highest BCUT2D eigenvalue weighted by Gasteiger charge is 2.39. The van der Waals surface area contributed by atoms with Crippen molar-refractivity contribution in [2.45, 2.75) is 83.6 Å². The number of carbonyl (C=O) groups excluding carboxylic acids is 4. The number of rotatable bonds is 11. The first-order valence-electron chi connectivity index (χ1n) is 17.0. The van der Waals surface area contributed by atoms with Crippen molar-refractivity contribution < 1.29 is 33.4 Å². The van der Waals surface area contributed by atoms with E-state index in [1.807, 2.05) is 48.6 Å². The number of hydrogen-bond acceptors (Lipinski definition) is 7. The van der Waals surface area contributed by atoms with Gasteiger partial charge in [-0.2, -0.15) is 0 Å². The van der Waals surface area contributed by atoms with E-state index in [2.05, 4.69) is 22.8 Å². The van der Waals surface area contributed by atoms with Crippen LogP contribution in [0, 0.1) is 11.8 Å². The van der Waals surface area contributed by atoms with Crippen molar-refractivity contribution in [2.24, 2.45) is 11.8 Å². The van der Waals surface area contributed by atoms with Gasteiger partial charge in [0.1, 0.15) is 18.0 Å². The summed E-state index contributed by atoms with van der Waals surface area (Å²) < 4.78 is 16.2. The molecule has 0 heterocycles. The average Bonchev–Trinajstić information content (AvgIpc) is 3.10. The fourth-order valence-electron chi connectivity index (χ4n) is 6.51. The molecule has 9 nitrogen and oxygen atoms in total. The molecule has 0 aromatic heterocycles. The molecule has 5 rings (SSSR count). The Bertz CT molecular complexity index is 1660. The second kappa shape index (κ2) is 16.0. The molecule has 0 bridgehead atoms. The smallest absolute Gasteiger partial charge is 0.408 e. The molecule has 258 valence electrons. The lowest BCUT2D eigenvalue weighted by Crippen LogP contribution is -2.50. The third-order valence-electron chi connectivity index (χ3n) is 9.00. The van der Waals surface area contributed by atoms with E-state index in [0.717, 1.165) is 36.0 Å². The highest BCUT2D eigenvalue weighted by molar-refractivity contribution is 5.94. The van der Waals surface area contributed by atoms with E-state index in [0.29, 0.717) is 30.8 Å². The minimum atomic E-state index is -0.905. The fourth-order valence-corrected chi connectivity index (χ4v) is 6.51. The lowest BCUT2D eigenvalue weighted by Gasteiger charge is -2.33. The number of methoxy groups -OCH3 is 1. The standard InChI is InChI=1S/C40H46N2O7/c1-40(2,3)49-39(46)42-35(24-26-18-22-30(23-19-26)48-25-27-16-20-29(21-17-27)38(45)47-4)36(43)32-13-7-8-14-33(32)37(44)41-34-15-9-11-28-10-5-6-12-31(28)34/h5-8,10,12,16-23,32-35H,9,11,13-15,24-25H2,1-4H3,(H,41,44)(H,42,46)/t32-,33-,34-,35+/m1/s1. The molecule has 0 aliphatic heterocycles. The lowest BCUT2D eigenvalue weighted by atomic mass is 9.76. The molecule has 4 atom stereocenters. The number of allylic oxidation sites excluding steroid dienone is 2. The molecule has 3 aromatic carbocycles. The molecule has 0 spiro atoms. The third kappa shape index (κ3) is 9.59. The van der Waals surface area contributed by atoms with Crippen molar-refractivity contribution in [3.05, 3.63) is 113 Å². The molecule has 0 unspecified atom stereocenters. The van der Waals surface area contributed by atoms with E-state index in [9.17, 15) is 19.2 Å². The maximum Gasteiger partial charge on any atom is 0.408 e. The Balaban J connectivity index is 1.28. The minimum absolute atomic E-state index is 0.0882. The first-order chi connectivity index (χ1) is 23.5. The Labute approximate surface area is 288 Å². The summed E-state index contributed by atoms with van der Waals surface area (Å²) in [5.41, 5.74) is 3.81. The van der Waals surface area contributed by atoms with Crippen LogP contribution in [0.1, 0.15) is 85.1 Å². The van der Waals surface area contributed by atoms with Crippen LogP contribution in [0.25, 0.3) is 0 Å². The van der Waals surface area contributed by atoms with Gasteiger partial charge in [-0.25, -0.2) is 9.59 Å². The predicted molar refractivity (Wildman–Crippen MR) is 186 cm³/mol. The largest absolute Gasteiger partial charge is 0.489 e. The van der Waals surface area contributed by atoms with Gasteiger partial charge in [-0.1, -0.05) is 60.7 Å². The number of benzene rings is 3. The number of nitrogens with one attached hydrogen (secondary N) is 2. The zero-order valence-electron chi connectivity index (χ0n) is 28.7. The van der Waals surface area contributed by atoms with Gasteiger partial charge in [-0.15, -0.1) is 0 Å². The van der Waals surface area contributed by atoms with Gasteiger partial charge in [0.25, 0.3) is 0 Å². The molecule has 2 aliphatic rings. The van der Waals surface area contributed by atoms with E-state index in [-0.39, 0.29) is 24.2 Å². The second-order valence-corrected chi connectivity index (χ2v) is 13.7. The Morgan fingerprint density at radius 3 is 2.22 bits per heavy atom. The molecule has 2 aliphatic carbocycles.